The zero-order valence-corrected chi connectivity index (χ0v) is 12.3. The Labute approximate surface area is 128 Å². The van der Waals surface area contributed by atoms with Gasteiger partial charge in [0.2, 0.25) is 0 Å². The fourth-order valence-electron chi connectivity index (χ4n) is 1.78. The minimum atomic E-state index is -0.490. The van der Waals surface area contributed by atoms with Gasteiger partial charge in [-0.3, -0.25) is 4.79 Å². The van der Waals surface area contributed by atoms with E-state index in [9.17, 15) is 9.18 Å². The second kappa shape index (κ2) is 7.93. The Morgan fingerprint density at radius 3 is 2.64 bits per heavy atom. The molecule has 0 spiro atoms. The molecule has 0 atom stereocenters. The smallest absolute Gasteiger partial charge is 0.265 e. The molecule has 0 aromatic heterocycles. The number of carbonyl (C=O) groups is 1. The second-order valence-corrected chi connectivity index (χ2v) is 4.63. The van der Waals surface area contributed by atoms with Crippen molar-refractivity contribution in [2.24, 2.45) is 5.16 Å². The molecule has 114 valence electrons. The van der Waals surface area contributed by atoms with Gasteiger partial charge in [0.15, 0.2) is 6.61 Å². The van der Waals surface area contributed by atoms with E-state index in [4.69, 9.17) is 4.84 Å². The lowest BCUT2D eigenvalue weighted by Crippen LogP contribution is -2.17. The molecule has 5 heteroatoms. The highest BCUT2D eigenvalue weighted by Gasteiger charge is 2.06. The summed E-state index contributed by atoms with van der Waals surface area (Å²) in [5.74, 6) is -0.959. The first kappa shape index (κ1) is 15.7. The predicted molar refractivity (Wildman–Crippen MR) is 84.4 cm³/mol. The van der Waals surface area contributed by atoms with Gasteiger partial charge >= 0.3 is 0 Å². The van der Waals surface area contributed by atoms with Crippen LogP contribution in [0, 0.1) is 5.82 Å². The highest BCUT2D eigenvalue weighted by Crippen LogP contribution is 2.11. The fraction of sp³-hybridized carbons (Fsp3) is 0.176. The van der Waals surface area contributed by atoms with E-state index < -0.39 is 11.7 Å². The molecule has 0 saturated carbocycles. The maximum atomic E-state index is 13.3. The number of para-hydroxylation sites is 1. The third-order valence-electron chi connectivity index (χ3n) is 3.01. The van der Waals surface area contributed by atoms with Crippen LogP contribution in [-0.4, -0.2) is 18.7 Å². The van der Waals surface area contributed by atoms with Crippen molar-refractivity contribution in [3.8, 4) is 0 Å². The third kappa shape index (κ3) is 4.70. The van der Waals surface area contributed by atoms with Crippen LogP contribution in [0.3, 0.4) is 0 Å². The summed E-state index contributed by atoms with van der Waals surface area (Å²) in [6.45, 7) is 1.80. The molecular formula is C17H17FN2O2. The Balaban J connectivity index is 1.79. The standard InChI is InChI=1S/C17H17FN2O2/c1-2-13-7-9-14(10-8-13)11-19-22-12-17(21)20-16-6-4-3-5-15(16)18/h3-11H,2,12H2,1H3,(H,20,21)/b19-11-. The molecule has 0 bridgehead atoms. The van der Waals surface area contributed by atoms with E-state index in [0.29, 0.717) is 0 Å². The van der Waals surface area contributed by atoms with Crippen molar-refractivity contribution in [2.75, 3.05) is 11.9 Å². The minimum Gasteiger partial charge on any atom is -0.386 e. The normalized spacial score (nSPS) is 10.6. The van der Waals surface area contributed by atoms with Crippen LogP contribution >= 0.6 is 0 Å². The number of carbonyl (C=O) groups excluding carboxylic acids is 1. The number of oxime groups is 1. The monoisotopic (exact) mass is 300 g/mol. The van der Waals surface area contributed by atoms with E-state index in [-0.39, 0.29) is 12.3 Å². The van der Waals surface area contributed by atoms with Crippen molar-refractivity contribution in [2.45, 2.75) is 13.3 Å². The highest BCUT2D eigenvalue weighted by atomic mass is 19.1. The van der Waals surface area contributed by atoms with Crippen LogP contribution in [-0.2, 0) is 16.1 Å². The summed E-state index contributed by atoms with van der Waals surface area (Å²) in [7, 11) is 0. The number of anilines is 1. The molecule has 22 heavy (non-hydrogen) atoms. The van der Waals surface area contributed by atoms with Gasteiger partial charge in [-0.25, -0.2) is 4.39 Å². The van der Waals surface area contributed by atoms with Gasteiger partial charge in [-0.15, -0.1) is 0 Å². The van der Waals surface area contributed by atoms with Crippen molar-refractivity contribution in [1.29, 1.82) is 0 Å². The number of nitrogens with zero attached hydrogens (tertiary/aromatic N) is 1. The van der Waals surface area contributed by atoms with Gasteiger partial charge in [-0.1, -0.05) is 48.5 Å². The molecule has 2 aromatic carbocycles. The van der Waals surface area contributed by atoms with Crippen molar-refractivity contribution in [1.82, 2.24) is 0 Å². The molecule has 2 rings (SSSR count). The maximum absolute atomic E-state index is 13.3. The van der Waals surface area contributed by atoms with Crippen molar-refractivity contribution in [3.05, 3.63) is 65.5 Å². The molecule has 0 aliphatic heterocycles. The van der Waals surface area contributed by atoms with Crippen molar-refractivity contribution < 1.29 is 14.0 Å². The molecule has 1 amide bonds. The van der Waals surface area contributed by atoms with Crippen molar-refractivity contribution in [3.63, 3.8) is 0 Å². The van der Waals surface area contributed by atoms with Gasteiger partial charge in [0, 0.05) is 0 Å². The number of halogens is 1. The molecule has 4 nitrogen and oxygen atoms in total. The van der Waals surface area contributed by atoms with E-state index in [1.165, 1.54) is 23.9 Å². The van der Waals surface area contributed by atoms with E-state index in [2.05, 4.69) is 17.4 Å². The number of hydrogen-bond acceptors (Lipinski definition) is 3. The maximum Gasteiger partial charge on any atom is 0.265 e. The predicted octanol–water partition coefficient (Wildman–Crippen LogP) is 3.38. The minimum absolute atomic E-state index is 0.121. The molecule has 0 aliphatic rings. The van der Waals surface area contributed by atoms with Crippen molar-refractivity contribution >= 4 is 17.8 Å². The molecule has 0 unspecified atom stereocenters. The average molecular weight is 300 g/mol. The van der Waals surface area contributed by atoms with E-state index in [1.54, 1.807) is 12.1 Å². The highest BCUT2D eigenvalue weighted by molar-refractivity contribution is 5.91. The average Bonchev–Trinajstić information content (AvgIpc) is 2.54. The molecule has 0 radical (unpaired) electrons. The molecule has 2 aromatic rings. The summed E-state index contributed by atoms with van der Waals surface area (Å²) in [5, 5.41) is 6.13. The van der Waals surface area contributed by atoms with Gasteiger partial charge in [-0.05, 0) is 29.7 Å². The Kier molecular flexibility index (Phi) is 5.65. The summed E-state index contributed by atoms with van der Waals surface area (Å²) in [6.07, 6.45) is 2.50. The topological polar surface area (TPSA) is 50.7 Å². The molecule has 0 aliphatic carbocycles. The Morgan fingerprint density at radius 2 is 1.95 bits per heavy atom. The summed E-state index contributed by atoms with van der Waals surface area (Å²) in [6, 6.07) is 13.8. The number of nitrogens with one attached hydrogen (secondary N) is 1. The van der Waals surface area contributed by atoms with Crippen LogP contribution in [0.1, 0.15) is 18.1 Å². The first-order chi connectivity index (χ1) is 10.7. The van der Waals surface area contributed by atoms with Crippen LogP contribution in [0.2, 0.25) is 0 Å². The number of rotatable bonds is 6. The van der Waals surface area contributed by atoms with E-state index >= 15 is 0 Å². The van der Waals surface area contributed by atoms with Crippen LogP contribution in [0.15, 0.2) is 53.7 Å². The molecule has 0 saturated heterocycles. The van der Waals surface area contributed by atoms with E-state index in [1.807, 2.05) is 24.3 Å². The lowest BCUT2D eigenvalue weighted by molar-refractivity contribution is -0.120. The fourth-order valence-corrected chi connectivity index (χ4v) is 1.78. The summed E-state index contributed by atoms with van der Waals surface area (Å²) >= 11 is 0. The van der Waals surface area contributed by atoms with Gasteiger partial charge in [0.25, 0.3) is 5.91 Å². The van der Waals surface area contributed by atoms with Gasteiger partial charge in [-0.2, -0.15) is 0 Å². The largest absolute Gasteiger partial charge is 0.386 e. The summed E-state index contributed by atoms with van der Waals surface area (Å²) in [4.78, 5) is 16.5. The first-order valence-electron chi connectivity index (χ1n) is 6.97. The van der Waals surface area contributed by atoms with Crippen LogP contribution < -0.4 is 5.32 Å². The zero-order chi connectivity index (χ0) is 15.8. The second-order valence-electron chi connectivity index (χ2n) is 4.63. The summed E-state index contributed by atoms with van der Waals surface area (Å²) in [5.41, 5.74) is 2.24. The van der Waals surface area contributed by atoms with Crippen LogP contribution in [0.5, 0.6) is 0 Å². The molecule has 1 N–H and O–H groups in total. The third-order valence-corrected chi connectivity index (χ3v) is 3.01. The molecular weight excluding hydrogens is 283 g/mol. The Bertz CT molecular complexity index is 654. The molecule has 0 heterocycles. The SMILES string of the molecule is CCc1ccc(/C=N\OCC(=O)Nc2ccccc2F)cc1. The number of benzene rings is 2. The van der Waals surface area contributed by atoms with Crippen LogP contribution in [0.25, 0.3) is 0 Å². The van der Waals surface area contributed by atoms with Gasteiger partial charge in [0.1, 0.15) is 5.82 Å². The van der Waals surface area contributed by atoms with Gasteiger partial charge < -0.3 is 10.2 Å². The lowest BCUT2D eigenvalue weighted by atomic mass is 10.1. The van der Waals surface area contributed by atoms with E-state index in [0.717, 1.165) is 12.0 Å². The Hall–Kier alpha value is -2.69. The first-order valence-corrected chi connectivity index (χ1v) is 6.97. The Morgan fingerprint density at radius 1 is 1.23 bits per heavy atom. The molecule has 0 fully saturated rings. The number of hydrogen-bond donors (Lipinski definition) is 1. The van der Waals surface area contributed by atoms with Crippen LogP contribution in [0.4, 0.5) is 10.1 Å². The lowest BCUT2D eigenvalue weighted by Gasteiger charge is -2.04. The zero-order valence-electron chi connectivity index (χ0n) is 12.3. The van der Waals surface area contributed by atoms with Gasteiger partial charge in [0.05, 0.1) is 11.9 Å². The quantitative estimate of drug-likeness (QED) is 0.657. The number of amides is 1. The summed E-state index contributed by atoms with van der Waals surface area (Å²) < 4.78 is 13.3. The number of aryl methyl sites for hydroxylation is 1.